The van der Waals surface area contributed by atoms with Crippen LogP contribution in [0.2, 0.25) is 5.02 Å². The van der Waals surface area contributed by atoms with E-state index in [1.54, 1.807) is 6.92 Å². The summed E-state index contributed by atoms with van der Waals surface area (Å²) in [5.74, 6) is -0.0808. The first-order valence-corrected chi connectivity index (χ1v) is 6.85. The van der Waals surface area contributed by atoms with Crippen molar-refractivity contribution in [3.05, 3.63) is 17.3 Å². The minimum atomic E-state index is -3.69. The molecule has 0 spiro atoms. The molecule has 1 rings (SSSR count). The van der Waals surface area contributed by atoms with E-state index in [1.165, 1.54) is 12.3 Å². The molecule has 104 valence electrons. The van der Waals surface area contributed by atoms with E-state index < -0.39 is 10.0 Å². The van der Waals surface area contributed by atoms with Gasteiger partial charge in [-0.3, -0.25) is 0 Å². The van der Waals surface area contributed by atoms with E-state index in [-0.39, 0.29) is 40.7 Å². The van der Waals surface area contributed by atoms with E-state index in [0.717, 1.165) is 0 Å². The SMILES string of the molecule is CC(N)CCNS(=O)(=O)c1cc(Cl)cnc1N.Cl. The van der Waals surface area contributed by atoms with Crippen molar-refractivity contribution in [1.29, 1.82) is 0 Å². The molecular formula is C9H16Cl2N4O2S. The van der Waals surface area contributed by atoms with Crippen LogP contribution in [-0.2, 0) is 10.0 Å². The molecule has 0 aromatic carbocycles. The van der Waals surface area contributed by atoms with Gasteiger partial charge in [-0.05, 0) is 19.4 Å². The fourth-order valence-electron chi connectivity index (χ4n) is 1.15. The Morgan fingerprint density at radius 1 is 1.56 bits per heavy atom. The molecule has 1 atom stereocenters. The third-order valence-electron chi connectivity index (χ3n) is 2.03. The zero-order valence-electron chi connectivity index (χ0n) is 9.76. The molecule has 0 saturated carbocycles. The summed E-state index contributed by atoms with van der Waals surface area (Å²) in [6, 6.07) is 1.19. The van der Waals surface area contributed by atoms with Gasteiger partial charge >= 0.3 is 0 Å². The summed E-state index contributed by atoms with van der Waals surface area (Å²) >= 11 is 5.68. The first kappa shape index (κ1) is 17.4. The molecule has 1 aromatic rings. The Bertz CT molecular complexity index is 493. The second-order valence-corrected chi connectivity index (χ2v) is 5.87. The number of nitrogens with one attached hydrogen (secondary N) is 1. The van der Waals surface area contributed by atoms with Crippen LogP contribution >= 0.6 is 24.0 Å². The van der Waals surface area contributed by atoms with Crippen LogP contribution in [-0.4, -0.2) is 26.0 Å². The van der Waals surface area contributed by atoms with Gasteiger partial charge in [-0.15, -0.1) is 12.4 Å². The highest BCUT2D eigenvalue weighted by atomic mass is 35.5. The van der Waals surface area contributed by atoms with Crippen molar-refractivity contribution in [1.82, 2.24) is 9.71 Å². The van der Waals surface area contributed by atoms with Crippen LogP contribution in [0.4, 0.5) is 5.82 Å². The molecule has 0 fully saturated rings. The molecule has 0 aliphatic heterocycles. The van der Waals surface area contributed by atoms with Crippen LogP contribution in [0.15, 0.2) is 17.2 Å². The minimum absolute atomic E-state index is 0. The smallest absolute Gasteiger partial charge is 0.244 e. The van der Waals surface area contributed by atoms with E-state index in [4.69, 9.17) is 23.1 Å². The van der Waals surface area contributed by atoms with Crippen LogP contribution in [0.3, 0.4) is 0 Å². The molecule has 0 radical (unpaired) electrons. The first-order chi connectivity index (χ1) is 7.83. The summed E-state index contributed by atoms with van der Waals surface area (Å²) in [6.07, 6.45) is 1.82. The number of pyridine rings is 1. The predicted octanol–water partition coefficient (Wildman–Crippen LogP) is 0.755. The van der Waals surface area contributed by atoms with Gasteiger partial charge in [0.25, 0.3) is 0 Å². The molecule has 5 N–H and O–H groups in total. The maximum absolute atomic E-state index is 11.9. The van der Waals surface area contributed by atoms with Crippen LogP contribution in [0, 0.1) is 0 Å². The standard InChI is InChI=1S/C9H15ClN4O2S.ClH/c1-6(11)2-3-14-17(15,16)8-4-7(10)5-13-9(8)12;/h4-6,14H,2-3,11H2,1H3,(H2,12,13);1H. The number of rotatable bonds is 5. The zero-order chi connectivity index (χ0) is 13.1. The van der Waals surface area contributed by atoms with Gasteiger partial charge in [-0.1, -0.05) is 11.6 Å². The second kappa shape index (κ2) is 7.10. The van der Waals surface area contributed by atoms with Gasteiger partial charge in [0.1, 0.15) is 10.7 Å². The van der Waals surface area contributed by atoms with Gasteiger partial charge < -0.3 is 11.5 Å². The summed E-state index contributed by atoms with van der Waals surface area (Å²) < 4.78 is 26.1. The van der Waals surface area contributed by atoms with E-state index in [2.05, 4.69) is 9.71 Å². The van der Waals surface area contributed by atoms with Crippen molar-refractivity contribution in [3.8, 4) is 0 Å². The molecular weight excluding hydrogens is 299 g/mol. The van der Waals surface area contributed by atoms with Crippen molar-refractivity contribution in [2.24, 2.45) is 5.73 Å². The molecule has 6 nitrogen and oxygen atoms in total. The lowest BCUT2D eigenvalue weighted by Crippen LogP contribution is -2.29. The lowest BCUT2D eigenvalue weighted by atomic mass is 10.3. The van der Waals surface area contributed by atoms with Crippen molar-refractivity contribution >= 4 is 39.8 Å². The molecule has 0 aliphatic rings. The fraction of sp³-hybridized carbons (Fsp3) is 0.444. The quantitative estimate of drug-likeness (QED) is 0.742. The molecule has 0 aliphatic carbocycles. The molecule has 1 aromatic heterocycles. The normalized spacial score (nSPS) is 12.8. The third kappa shape index (κ3) is 4.95. The van der Waals surface area contributed by atoms with Crippen molar-refractivity contribution < 1.29 is 8.42 Å². The summed E-state index contributed by atoms with van der Waals surface area (Å²) in [5.41, 5.74) is 11.0. The fourth-order valence-corrected chi connectivity index (χ4v) is 2.52. The monoisotopic (exact) mass is 314 g/mol. The number of nitrogens with zero attached hydrogens (tertiary/aromatic N) is 1. The number of nitrogen functional groups attached to an aromatic ring is 1. The highest BCUT2D eigenvalue weighted by Gasteiger charge is 2.18. The molecule has 1 heterocycles. The third-order valence-corrected chi connectivity index (χ3v) is 3.73. The van der Waals surface area contributed by atoms with Gasteiger partial charge in [-0.25, -0.2) is 18.1 Å². The van der Waals surface area contributed by atoms with Crippen LogP contribution in [0.25, 0.3) is 0 Å². The average molecular weight is 315 g/mol. The average Bonchev–Trinajstić information content (AvgIpc) is 2.20. The topological polar surface area (TPSA) is 111 Å². The molecule has 1 unspecified atom stereocenters. The molecule has 9 heteroatoms. The van der Waals surface area contributed by atoms with Gasteiger partial charge in [0, 0.05) is 18.8 Å². The largest absolute Gasteiger partial charge is 0.383 e. The van der Waals surface area contributed by atoms with E-state index in [1.807, 2.05) is 0 Å². The molecule has 0 amide bonds. The molecule has 18 heavy (non-hydrogen) atoms. The van der Waals surface area contributed by atoms with E-state index in [0.29, 0.717) is 6.42 Å². The Balaban J connectivity index is 0.00000289. The van der Waals surface area contributed by atoms with Gasteiger partial charge in [-0.2, -0.15) is 0 Å². The zero-order valence-corrected chi connectivity index (χ0v) is 12.1. The predicted molar refractivity (Wildman–Crippen MR) is 74.4 cm³/mol. The molecule has 0 bridgehead atoms. The number of anilines is 1. The lowest BCUT2D eigenvalue weighted by molar-refractivity contribution is 0.572. The number of halogens is 2. The molecule has 0 saturated heterocycles. The Hall–Kier alpha value is -0.600. The number of sulfonamides is 1. The Morgan fingerprint density at radius 2 is 2.17 bits per heavy atom. The van der Waals surface area contributed by atoms with Crippen LogP contribution in [0.5, 0.6) is 0 Å². The van der Waals surface area contributed by atoms with E-state index >= 15 is 0 Å². The maximum Gasteiger partial charge on any atom is 0.244 e. The number of hydrogen-bond acceptors (Lipinski definition) is 5. The highest BCUT2D eigenvalue weighted by molar-refractivity contribution is 7.89. The number of hydrogen-bond donors (Lipinski definition) is 3. The summed E-state index contributed by atoms with van der Waals surface area (Å²) in [5, 5.41) is 0.215. The van der Waals surface area contributed by atoms with Crippen molar-refractivity contribution in [2.75, 3.05) is 12.3 Å². The maximum atomic E-state index is 11.9. The van der Waals surface area contributed by atoms with Crippen LogP contribution in [0.1, 0.15) is 13.3 Å². The summed E-state index contributed by atoms with van der Waals surface area (Å²) in [6.45, 7) is 2.04. The summed E-state index contributed by atoms with van der Waals surface area (Å²) in [4.78, 5) is 3.57. The Morgan fingerprint density at radius 3 is 2.72 bits per heavy atom. The Labute approximate surface area is 118 Å². The van der Waals surface area contributed by atoms with Crippen molar-refractivity contribution in [2.45, 2.75) is 24.3 Å². The highest BCUT2D eigenvalue weighted by Crippen LogP contribution is 2.19. The Kier molecular flexibility index (Phi) is 6.87. The van der Waals surface area contributed by atoms with Gasteiger partial charge in [0.05, 0.1) is 5.02 Å². The van der Waals surface area contributed by atoms with Crippen molar-refractivity contribution in [3.63, 3.8) is 0 Å². The van der Waals surface area contributed by atoms with Gasteiger partial charge in [0.15, 0.2) is 0 Å². The first-order valence-electron chi connectivity index (χ1n) is 4.99. The minimum Gasteiger partial charge on any atom is -0.383 e. The van der Waals surface area contributed by atoms with Crippen LogP contribution < -0.4 is 16.2 Å². The number of aromatic nitrogens is 1. The van der Waals surface area contributed by atoms with E-state index in [9.17, 15) is 8.42 Å². The van der Waals surface area contributed by atoms with Gasteiger partial charge in [0.2, 0.25) is 10.0 Å². The lowest BCUT2D eigenvalue weighted by Gasteiger charge is -2.09. The second-order valence-electron chi connectivity index (χ2n) is 3.70. The number of nitrogens with two attached hydrogens (primary N) is 2. The summed E-state index contributed by atoms with van der Waals surface area (Å²) in [7, 11) is -3.69.